The van der Waals surface area contributed by atoms with Crippen LogP contribution in [-0.4, -0.2) is 43.1 Å². The fourth-order valence-electron chi connectivity index (χ4n) is 3.66. The van der Waals surface area contributed by atoms with Crippen molar-refractivity contribution >= 4 is 23.4 Å². The molecule has 1 aliphatic rings. The average Bonchev–Trinajstić information content (AvgIpc) is 2.69. The Kier molecular flexibility index (Phi) is 6.73. The van der Waals surface area contributed by atoms with Crippen LogP contribution in [0, 0.1) is 0 Å². The normalized spacial score (nSPS) is 15.3. The minimum Gasteiger partial charge on any atom is -0.497 e. The van der Waals surface area contributed by atoms with E-state index in [0.29, 0.717) is 11.3 Å². The van der Waals surface area contributed by atoms with Gasteiger partial charge in [-0.05, 0) is 23.3 Å². The van der Waals surface area contributed by atoms with Crippen LogP contribution in [0.2, 0.25) is 0 Å². The number of nitrogens with zero attached hydrogens (tertiary/aromatic N) is 2. The van der Waals surface area contributed by atoms with Gasteiger partial charge in [-0.1, -0.05) is 30.3 Å². The van der Waals surface area contributed by atoms with Gasteiger partial charge in [0.2, 0.25) is 0 Å². The second kappa shape index (κ2) is 9.24. The van der Waals surface area contributed by atoms with Crippen LogP contribution in [0.3, 0.4) is 0 Å². The molecule has 0 saturated carbocycles. The van der Waals surface area contributed by atoms with Crippen molar-refractivity contribution in [1.29, 1.82) is 0 Å². The number of hydrogen-bond donors (Lipinski definition) is 0. The Bertz CT molecular complexity index is 966. The monoisotopic (exact) mass is 400 g/mol. The lowest BCUT2D eigenvalue weighted by molar-refractivity contribution is 0.122. The number of ether oxygens (including phenoxy) is 1. The smallest absolute Gasteiger partial charge is 0.336 e. The molecule has 0 aliphatic carbocycles. The van der Waals surface area contributed by atoms with E-state index in [2.05, 4.69) is 40.1 Å². The fraction of sp³-hybridized carbons (Fsp3) is 0.318. The Morgan fingerprint density at radius 2 is 1.61 bits per heavy atom. The zero-order chi connectivity index (χ0) is 18.6. The van der Waals surface area contributed by atoms with Crippen molar-refractivity contribution in [3.8, 4) is 5.75 Å². The summed E-state index contributed by atoms with van der Waals surface area (Å²) in [5.74, 6) is 0.692. The maximum Gasteiger partial charge on any atom is 0.336 e. The molecule has 4 rings (SSSR count). The molecule has 5 nitrogen and oxygen atoms in total. The summed E-state index contributed by atoms with van der Waals surface area (Å²) < 4.78 is 10.6. The summed E-state index contributed by atoms with van der Waals surface area (Å²) in [7, 11) is 1.61. The number of hydrogen-bond acceptors (Lipinski definition) is 5. The molecule has 1 saturated heterocycles. The van der Waals surface area contributed by atoms with Crippen LogP contribution in [0.4, 0.5) is 0 Å². The summed E-state index contributed by atoms with van der Waals surface area (Å²) >= 11 is 0. The van der Waals surface area contributed by atoms with E-state index >= 15 is 0 Å². The van der Waals surface area contributed by atoms with Gasteiger partial charge in [0.05, 0.1) is 7.11 Å². The number of fused-ring (bicyclic) bond motifs is 1. The second-order valence-corrected chi connectivity index (χ2v) is 6.99. The molecule has 148 valence electrons. The molecule has 2 heterocycles. The molecular formula is C22H25ClN2O3. The van der Waals surface area contributed by atoms with Crippen LogP contribution in [0.5, 0.6) is 5.75 Å². The highest BCUT2D eigenvalue weighted by Crippen LogP contribution is 2.23. The topological polar surface area (TPSA) is 45.9 Å². The molecule has 0 spiro atoms. The third kappa shape index (κ3) is 4.73. The molecule has 1 aromatic heterocycles. The summed E-state index contributed by atoms with van der Waals surface area (Å²) in [6, 6.07) is 17.9. The van der Waals surface area contributed by atoms with Crippen molar-refractivity contribution in [2.75, 3.05) is 33.3 Å². The lowest BCUT2D eigenvalue weighted by Crippen LogP contribution is -2.45. The van der Waals surface area contributed by atoms with Crippen LogP contribution in [0.15, 0.2) is 63.8 Å². The molecule has 0 bridgehead atoms. The van der Waals surface area contributed by atoms with Gasteiger partial charge in [0.1, 0.15) is 11.3 Å². The van der Waals surface area contributed by atoms with Crippen molar-refractivity contribution in [3.63, 3.8) is 0 Å². The minimum atomic E-state index is -0.312. The van der Waals surface area contributed by atoms with Crippen LogP contribution in [0.1, 0.15) is 11.1 Å². The fourth-order valence-corrected chi connectivity index (χ4v) is 3.66. The zero-order valence-corrected chi connectivity index (χ0v) is 16.8. The van der Waals surface area contributed by atoms with Crippen LogP contribution < -0.4 is 10.4 Å². The average molecular weight is 401 g/mol. The predicted octanol–water partition coefficient (Wildman–Crippen LogP) is 3.54. The minimum absolute atomic E-state index is 0. The summed E-state index contributed by atoms with van der Waals surface area (Å²) in [4.78, 5) is 16.8. The quantitative estimate of drug-likeness (QED) is 0.613. The molecule has 0 unspecified atom stereocenters. The van der Waals surface area contributed by atoms with Crippen molar-refractivity contribution < 1.29 is 9.15 Å². The van der Waals surface area contributed by atoms with E-state index in [9.17, 15) is 4.79 Å². The Morgan fingerprint density at radius 1 is 0.929 bits per heavy atom. The number of piperazine rings is 1. The molecule has 1 aliphatic heterocycles. The Labute approximate surface area is 170 Å². The third-order valence-electron chi connectivity index (χ3n) is 5.15. The predicted molar refractivity (Wildman–Crippen MR) is 113 cm³/mol. The van der Waals surface area contributed by atoms with Crippen molar-refractivity contribution in [2.24, 2.45) is 0 Å². The number of rotatable bonds is 5. The van der Waals surface area contributed by atoms with E-state index in [1.54, 1.807) is 19.2 Å². The first-order chi connectivity index (χ1) is 13.2. The standard InChI is InChI=1S/C22H24N2O3.ClH/c1-26-19-7-8-20-18(13-22(25)27-21(20)14-19)16-24-11-9-23(10-12-24)15-17-5-3-2-4-6-17;/h2-8,13-14H,9-12,15-16H2,1H3;1H. The molecule has 0 atom stereocenters. The lowest BCUT2D eigenvalue weighted by Gasteiger charge is -2.34. The molecule has 0 N–H and O–H groups in total. The van der Waals surface area contributed by atoms with Crippen molar-refractivity contribution in [3.05, 3.63) is 76.1 Å². The van der Waals surface area contributed by atoms with Gasteiger partial charge in [-0.25, -0.2) is 4.79 Å². The second-order valence-electron chi connectivity index (χ2n) is 6.99. The van der Waals surface area contributed by atoms with Gasteiger partial charge in [0.25, 0.3) is 0 Å². The molecule has 0 amide bonds. The molecule has 6 heteroatoms. The van der Waals surface area contributed by atoms with E-state index in [-0.39, 0.29) is 18.0 Å². The SMILES string of the molecule is COc1ccc2c(CN3CCN(Cc4ccccc4)CC3)cc(=O)oc2c1.Cl. The first-order valence-electron chi connectivity index (χ1n) is 9.31. The van der Waals surface area contributed by atoms with E-state index < -0.39 is 0 Å². The van der Waals surface area contributed by atoms with Crippen molar-refractivity contribution in [1.82, 2.24) is 9.80 Å². The molecule has 1 fully saturated rings. The molecule has 28 heavy (non-hydrogen) atoms. The van der Waals surface area contributed by atoms with Gasteiger partial charge in [0, 0.05) is 56.8 Å². The van der Waals surface area contributed by atoms with E-state index in [1.165, 1.54) is 5.56 Å². The highest BCUT2D eigenvalue weighted by molar-refractivity contribution is 5.85. The summed E-state index contributed by atoms with van der Waals surface area (Å²) in [6.07, 6.45) is 0. The van der Waals surface area contributed by atoms with E-state index in [4.69, 9.17) is 9.15 Å². The van der Waals surface area contributed by atoms with Crippen LogP contribution in [-0.2, 0) is 13.1 Å². The lowest BCUT2D eigenvalue weighted by atomic mass is 10.1. The summed E-state index contributed by atoms with van der Waals surface area (Å²) in [5, 5.41) is 0.974. The van der Waals surface area contributed by atoms with Gasteiger partial charge in [0.15, 0.2) is 0 Å². The number of methoxy groups -OCH3 is 1. The molecule has 3 aromatic rings. The first-order valence-corrected chi connectivity index (χ1v) is 9.31. The highest BCUT2D eigenvalue weighted by atomic mass is 35.5. The highest BCUT2D eigenvalue weighted by Gasteiger charge is 2.18. The van der Waals surface area contributed by atoms with Gasteiger partial charge >= 0.3 is 5.63 Å². The zero-order valence-electron chi connectivity index (χ0n) is 16.0. The maximum absolute atomic E-state index is 12.0. The summed E-state index contributed by atoms with van der Waals surface area (Å²) in [5.41, 5.74) is 2.64. The van der Waals surface area contributed by atoms with Crippen LogP contribution in [0.25, 0.3) is 11.0 Å². The molecule has 0 radical (unpaired) electrons. The van der Waals surface area contributed by atoms with Gasteiger partial charge in [-0.15, -0.1) is 12.4 Å². The molecule has 2 aromatic carbocycles. The first kappa shape index (κ1) is 20.4. The largest absolute Gasteiger partial charge is 0.497 e. The van der Waals surface area contributed by atoms with Crippen LogP contribution >= 0.6 is 12.4 Å². The van der Waals surface area contributed by atoms with Crippen molar-refractivity contribution in [2.45, 2.75) is 13.1 Å². The molecular weight excluding hydrogens is 376 g/mol. The maximum atomic E-state index is 12.0. The van der Waals surface area contributed by atoms with E-state index in [1.807, 2.05) is 12.1 Å². The summed E-state index contributed by atoms with van der Waals surface area (Å²) in [6.45, 7) is 5.79. The number of benzene rings is 2. The van der Waals surface area contributed by atoms with Gasteiger partial charge in [-0.2, -0.15) is 0 Å². The Balaban J connectivity index is 0.00000225. The Morgan fingerprint density at radius 3 is 2.29 bits per heavy atom. The number of halogens is 1. The van der Waals surface area contributed by atoms with Gasteiger partial charge < -0.3 is 9.15 Å². The van der Waals surface area contributed by atoms with E-state index in [0.717, 1.165) is 50.2 Å². The Hall–Kier alpha value is -2.34. The third-order valence-corrected chi connectivity index (χ3v) is 5.15. The van der Waals surface area contributed by atoms with Gasteiger partial charge in [-0.3, -0.25) is 9.80 Å².